The van der Waals surface area contributed by atoms with E-state index in [0.717, 1.165) is 56.0 Å². The van der Waals surface area contributed by atoms with Crippen LogP contribution in [0.25, 0.3) is 22.4 Å². The van der Waals surface area contributed by atoms with Gasteiger partial charge in [-0.05, 0) is 34.1 Å². The van der Waals surface area contributed by atoms with Gasteiger partial charge in [-0.25, -0.2) is 0 Å². The van der Waals surface area contributed by atoms with Gasteiger partial charge in [0.2, 0.25) is 11.8 Å². The summed E-state index contributed by atoms with van der Waals surface area (Å²) in [6.07, 6.45) is 0. The molecule has 0 radical (unpaired) electrons. The van der Waals surface area contributed by atoms with E-state index in [4.69, 9.17) is 24.4 Å². The smallest absolute Gasteiger partial charge is 0.288 e. The molecule has 0 spiro atoms. The molecule has 0 aliphatic carbocycles. The molecule has 0 bridgehead atoms. The number of rotatable bonds is 2. The third-order valence-electron chi connectivity index (χ3n) is 7.82. The van der Waals surface area contributed by atoms with E-state index in [-0.39, 0.29) is 17.5 Å². The number of pyridine rings is 1. The lowest BCUT2D eigenvalue weighted by atomic mass is 9.36. The van der Waals surface area contributed by atoms with Crippen LogP contribution in [-0.2, 0) is 10.8 Å². The van der Waals surface area contributed by atoms with Crippen LogP contribution in [0.4, 0.5) is 0 Å². The lowest BCUT2D eigenvalue weighted by Gasteiger charge is -2.35. The van der Waals surface area contributed by atoms with Gasteiger partial charge in [0.1, 0.15) is 17.3 Å². The van der Waals surface area contributed by atoms with Gasteiger partial charge in [-0.1, -0.05) is 114 Å². The summed E-state index contributed by atoms with van der Waals surface area (Å²) < 4.78 is 13.3. The minimum atomic E-state index is -0.284. The summed E-state index contributed by atoms with van der Waals surface area (Å²) in [7, 11) is 0. The van der Waals surface area contributed by atoms with E-state index < -0.39 is 0 Å². The van der Waals surface area contributed by atoms with Crippen molar-refractivity contribution in [1.29, 1.82) is 0 Å². The Morgan fingerprint density at radius 1 is 0.610 bits per heavy atom. The molecule has 0 N–H and O–H groups in total. The van der Waals surface area contributed by atoms with E-state index in [1.54, 1.807) is 0 Å². The van der Waals surface area contributed by atoms with Gasteiger partial charge in [0.15, 0.2) is 0 Å². The SMILES string of the molecule is CC(C)(C)c1nc2c3c(n1)Oc1c(C(C)(C)C)cc(-c4ccccc4)nc1B3c1cc(-c3ccccc3)ccc1O2. The quantitative estimate of drug-likeness (QED) is 0.235. The van der Waals surface area contributed by atoms with Crippen molar-refractivity contribution in [2.45, 2.75) is 52.4 Å². The molecule has 2 aliphatic rings. The van der Waals surface area contributed by atoms with Gasteiger partial charge in [0.25, 0.3) is 6.71 Å². The van der Waals surface area contributed by atoms with Gasteiger partial charge in [-0.3, -0.25) is 4.98 Å². The summed E-state index contributed by atoms with van der Waals surface area (Å²) in [5.41, 5.74) is 7.60. The Bertz CT molecular complexity index is 1810. The molecule has 7 rings (SSSR count). The number of ether oxygens (including phenoxy) is 2. The molecule has 0 fully saturated rings. The van der Waals surface area contributed by atoms with Gasteiger partial charge in [0.05, 0.1) is 16.8 Å². The molecule has 202 valence electrons. The fourth-order valence-corrected chi connectivity index (χ4v) is 5.65. The summed E-state index contributed by atoms with van der Waals surface area (Å²) in [5, 5.41) is 0. The van der Waals surface area contributed by atoms with Crippen LogP contribution in [0.15, 0.2) is 84.9 Å². The van der Waals surface area contributed by atoms with Crippen molar-refractivity contribution in [1.82, 2.24) is 15.0 Å². The van der Waals surface area contributed by atoms with Gasteiger partial charge in [-0.15, -0.1) is 0 Å². The summed E-state index contributed by atoms with van der Waals surface area (Å²) in [4.78, 5) is 15.3. The molecule has 0 saturated carbocycles. The summed E-state index contributed by atoms with van der Waals surface area (Å²) >= 11 is 0. The van der Waals surface area contributed by atoms with Crippen LogP contribution in [0.3, 0.4) is 0 Å². The van der Waals surface area contributed by atoms with Gasteiger partial charge in [0, 0.05) is 16.5 Å². The minimum Gasteiger partial charge on any atom is -0.440 e. The maximum absolute atomic E-state index is 6.74. The molecule has 5 nitrogen and oxygen atoms in total. The lowest BCUT2D eigenvalue weighted by Crippen LogP contribution is -2.59. The molecule has 2 aromatic heterocycles. The molecule has 41 heavy (non-hydrogen) atoms. The fourth-order valence-electron chi connectivity index (χ4n) is 5.65. The lowest BCUT2D eigenvalue weighted by molar-refractivity contribution is 0.409. The monoisotopic (exact) mass is 537 g/mol. The van der Waals surface area contributed by atoms with Crippen molar-refractivity contribution in [2.24, 2.45) is 0 Å². The highest BCUT2D eigenvalue weighted by molar-refractivity contribution is 6.97. The zero-order chi connectivity index (χ0) is 28.5. The van der Waals surface area contributed by atoms with E-state index in [1.165, 1.54) is 0 Å². The van der Waals surface area contributed by atoms with Crippen molar-refractivity contribution >= 4 is 23.2 Å². The fraction of sp³-hybridized carbons (Fsp3) is 0.229. The van der Waals surface area contributed by atoms with Crippen molar-refractivity contribution in [3.63, 3.8) is 0 Å². The Morgan fingerprint density at radius 3 is 1.88 bits per heavy atom. The first-order valence-electron chi connectivity index (χ1n) is 14.2. The predicted molar refractivity (Wildman–Crippen MR) is 166 cm³/mol. The molecule has 5 aromatic rings. The second-order valence-electron chi connectivity index (χ2n) is 13.0. The molecule has 2 aliphatic heterocycles. The average molecular weight is 537 g/mol. The number of benzene rings is 3. The van der Waals surface area contributed by atoms with Gasteiger partial charge < -0.3 is 9.47 Å². The van der Waals surface area contributed by atoms with Crippen LogP contribution < -0.4 is 26.0 Å². The number of fused-ring (bicyclic) bond motifs is 4. The van der Waals surface area contributed by atoms with E-state index in [1.807, 2.05) is 12.1 Å². The van der Waals surface area contributed by atoms with Crippen LogP contribution >= 0.6 is 0 Å². The van der Waals surface area contributed by atoms with E-state index in [0.29, 0.717) is 17.6 Å². The molecule has 6 heteroatoms. The highest BCUT2D eigenvalue weighted by Crippen LogP contribution is 2.40. The number of hydrogen-bond acceptors (Lipinski definition) is 5. The van der Waals surface area contributed by atoms with Crippen molar-refractivity contribution in [2.75, 3.05) is 0 Å². The Balaban J connectivity index is 1.54. The first-order chi connectivity index (χ1) is 19.6. The van der Waals surface area contributed by atoms with Crippen molar-refractivity contribution < 1.29 is 9.47 Å². The van der Waals surface area contributed by atoms with Gasteiger partial charge in [-0.2, -0.15) is 9.97 Å². The number of aromatic nitrogens is 3. The summed E-state index contributed by atoms with van der Waals surface area (Å²) in [5.74, 6) is 3.33. The van der Waals surface area contributed by atoms with E-state index >= 15 is 0 Å². The second-order valence-corrected chi connectivity index (χ2v) is 13.0. The normalized spacial score (nSPS) is 13.5. The molecule has 3 aromatic carbocycles. The largest absolute Gasteiger partial charge is 0.440 e. The van der Waals surface area contributed by atoms with E-state index in [9.17, 15) is 0 Å². The van der Waals surface area contributed by atoms with Crippen LogP contribution in [0.5, 0.6) is 23.3 Å². The van der Waals surface area contributed by atoms with E-state index in [2.05, 4.69) is 114 Å². The summed E-state index contributed by atoms with van der Waals surface area (Å²) in [6, 6.07) is 29.3. The zero-order valence-electron chi connectivity index (χ0n) is 24.3. The average Bonchev–Trinajstić information content (AvgIpc) is 2.96. The second kappa shape index (κ2) is 9.03. The molecule has 0 saturated heterocycles. The maximum atomic E-state index is 6.74. The Labute approximate surface area is 241 Å². The summed E-state index contributed by atoms with van der Waals surface area (Å²) in [6.45, 7) is 12.7. The topological polar surface area (TPSA) is 57.1 Å². The van der Waals surface area contributed by atoms with Gasteiger partial charge >= 0.3 is 0 Å². The number of nitrogens with zero attached hydrogens (tertiary/aromatic N) is 3. The molecule has 0 atom stereocenters. The third-order valence-corrected chi connectivity index (χ3v) is 7.82. The molecular weight excluding hydrogens is 505 g/mol. The van der Waals surface area contributed by atoms with Crippen LogP contribution in [0.2, 0.25) is 0 Å². The Hall–Kier alpha value is -4.45. The Morgan fingerprint density at radius 2 is 1.24 bits per heavy atom. The minimum absolute atomic E-state index is 0.198. The first kappa shape index (κ1) is 25.5. The van der Waals surface area contributed by atoms with Crippen LogP contribution in [-0.4, -0.2) is 21.7 Å². The molecule has 0 unspecified atom stereocenters. The Kier molecular flexibility index (Phi) is 5.62. The molecule has 4 heterocycles. The first-order valence-corrected chi connectivity index (χ1v) is 14.2. The molecule has 0 amide bonds. The number of hydrogen-bond donors (Lipinski definition) is 0. The standard InChI is InChI=1S/C35H32BN3O2/c1-34(2,3)24-20-26(22-15-11-8-12-16-22)37-30-29(24)41-32-28-31(38-33(39-32)35(4,5)6)40-27-18-17-23(19-25(27)36(28)30)21-13-9-7-10-14-21/h7-20H,1-6H3. The highest BCUT2D eigenvalue weighted by atomic mass is 16.5. The van der Waals surface area contributed by atoms with Crippen molar-refractivity contribution in [3.05, 3.63) is 96.3 Å². The zero-order valence-corrected chi connectivity index (χ0v) is 24.3. The third kappa shape index (κ3) is 4.29. The molecular formula is C35H32BN3O2. The van der Waals surface area contributed by atoms with Crippen molar-refractivity contribution in [3.8, 4) is 45.6 Å². The van der Waals surface area contributed by atoms with Crippen LogP contribution in [0.1, 0.15) is 52.9 Å². The van der Waals surface area contributed by atoms with Crippen LogP contribution in [0, 0.1) is 0 Å². The maximum Gasteiger partial charge on any atom is 0.288 e. The predicted octanol–water partition coefficient (Wildman–Crippen LogP) is 6.53. The highest BCUT2D eigenvalue weighted by Gasteiger charge is 2.46.